The van der Waals surface area contributed by atoms with Crippen molar-refractivity contribution in [1.82, 2.24) is 9.97 Å². The minimum Gasteiger partial charge on any atom is -0.504 e. The Hall–Kier alpha value is -3.13. The number of carboxylic acids is 1. The zero-order valence-electron chi connectivity index (χ0n) is 18.0. The van der Waals surface area contributed by atoms with E-state index in [1.54, 1.807) is 18.2 Å². The van der Waals surface area contributed by atoms with Crippen LogP contribution >= 0.6 is 11.3 Å². The smallest absolute Gasteiger partial charge is 0.304 e. The first-order valence-corrected chi connectivity index (χ1v) is 11.7. The number of carbonyl (C=O) groups is 1. The highest BCUT2D eigenvalue weighted by molar-refractivity contribution is 7.09. The number of aromatic nitrogens is 2. The highest BCUT2D eigenvalue weighted by Gasteiger charge is 2.22. The molecule has 3 aromatic rings. The molecule has 7 nitrogen and oxygen atoms in total. The number of thiazole rings is 1. The van der Waals surface area contributed by atoms with Crippen molar-refractivity contribution in [2.75, 3.05) is 19.0 Å². The molecule has 0 fully saturated rings. The third-order valence-corrected chi connectivity index (χ3v) is 6.68. The number of phenols is 1. The van der Waals surface area contributed by atoms with E-state index in [9.17, 15) is 15.0 Å². The van der Waals surface area contributed by atoms with E-state index in [0.717, 1.165) is 60.9 Å². The summed E-state index contributed by atoms with van der Waals surface area (Å²) in [5, 5.41) is 25.6. The Bertz CT molecular complexity index is 1100. The van der Waals surface area contributed by atoms with Gasteiger partial charge in [0.1, 0.15) is 10.8 Å². The van der Waals surface area contributed by atoms with Gasteiger partial charge < -0.3 is 20.3 Å². The number of carboxylic acid groups (broad SMARTS) is 1. The zero-order chi connectivity index (χ0) is 22.5. The van der Waals surface area contributed by atoms with E-state index in [0.29, 0.717) is 11.3 Å². The number of nitrogens with zero attached hydrogens (tertiary/aromatic N) is 2. The standard InChI is InChI=1S/C24H27N3O4S/c1-31-21-10-8-16(12-20(21)28)19(13-22(29)30)24-27-18(14-32-24)6-2-5-17-9-7-15-4-3-11-25-23(15)26-17/h7-10,12,14,19,28H,2-6,11,13H2,1H3,(H,25,26)(H,29,30). The van der Waals surface area contributed by atoms with Gasteiger partial charge in [-0.25, -0.2) is 9.97 Å². The van der Waals surface area contributed by atoms with E-state index in [1.807, 2.05) is 5.38 Å². The third kappa shape index (κ3) is 5.19. The second-order valence-corrected chi connectivity index (χ2v) is 8.84. The molecular formula is C24H27N3O4S. The Labute approximate surface area is 191 Å². The number of anilines is 1. The number of methoxy groups -OCH3 is 1. The molecule has 0 spiro atoms. The number of nitrogens with one attached hydrogen (secondary N) is 1. The minimum absolute atomic E-state index is 0.00999. The first-order valence-electron chi connectivity index (χ1n) is 10.8. The van der Waals surface area contributed by atoms with Gasteiger partial charge in [0.25, 0.3) is 0 Å². The summed E-state index contributed by atoms with van der Waals surface area (Å²) in [5.74, 6) is 0.0346. The molecule has 0 amide bonds. The Morgan fingerprint density at radius 3 is 2.84 bits per heavy atom. The van der Waals surface area contributed by atoms with Gasteiger partial charge in [-0.05, 0) is 61.4 Å². The maximum atomic E-state index is 11.5. The SMILES string of the molecule is COc1ccc(C(CC(=O)O)c2nc(CCCc3ccc4c(n3)NCCC4)cs2)cc1O. The van der Waals surface area contributed by atoms with Crippen LogP contribution in [0.3, 0.4) is 0 Å². The number of hydrogen-bond donors (Lipinski definition) is 3. The number of aliphatic carboxylic acids is 1. The van der Waals surface area contributed by atoms with Gasteiger partial charge in [-0.1, -0.05) is 12.1 Å². The molecule has 3 heterocycles. The fraction of sp³-hybridized carbons (Fsp3) is 0.375. The predicted molar refractivity (Wildman–Crippen MR) is 124 cm³/mol. The van der Waals surface area contributed by atoms with Gasteiger partial charge in [0.05, 0.1) is 19.2 Å². The molecule has 0 aliphatic carbocycles. The van der Waals surface area contributed by atoms with Crippen LogP contribution in [-0.2, 0) is 24.1 Å². The van der Waals surface area contributed by atoms with Gasteiger partial charge >= 0.3 is 5.97 Å². The molecule has 32 heavy (non-hydrogen) atoms. The molecule has 0 saturated heterocycles. The lowest BCUT2D eigenvalue weighted by Crippen LogP contribution is -2.14. The summed E-state index contributed by atoms with van der Waals surface area (Å²) < 4.78 is 5.09. The Balaban J connectivity index is 1.42. The largest absolute Gasteiger partial charge is 0.504 e. The van der Waals surface area contributed by atoms with Crippen LogP contribution in [0.2, 0.25) is 0 Å². The summed E-state index contributed by atoms with van der Waals surface area (Å²) >= 11 is 1.46. The molecule has 1 aliphatic rings. The van der Waals surface area contributed by atoms with E-state index in [1.165, 1.54) is 24.0 Å². The minimum atomic E-state index is -0.908. The summed E-state index contributed by atoms with van der Waals surface area (Å²) in [4.78, 5) is 20.9. The number of rotatable bonds is 9. The summed E-state index contributed by atoms with van der Waals surface area (Å²) in [7, 11) is 1.48. The third-order valence-electron chi connectivity index (χ3n) is 5.67. The van der Waals surface area contributed by atoms with Gasteiger partial charge in [-0.15, -0.1) is 11.3 Å². The van der Waals surface area contributed by atoms with E-state index in [2.05, 4.69) is 17.4 Å². The van der Waals surface area contributed by atoms with Crippen molar-refractivity contribution in [3.63, 3.8) is 0 Å². The molecule has 0 saturated carbocycles. The Kier molecular flexibility index (Phi) is 6.90. The van der Waals surface area contributed by atoms with Gasteiger partial charge in [-0.3, -0.25) is 4.79 Å². The summed E-state index contributed by atoms with van der Waals surface area (Å²) in [6.07, 6.45) is 4.73. The molecule has 1 aliphatic heterocycles. The average Bonchev–Trinajstić information content (AvgIpc) is 3.26. The first kappa shape index (κ1) is 22.1. The van der Waals surface area contributed by atoms with Gasteiger partial charge in [0, 0.05) is 23.5 Å². The van der Waals surface area contributed by atoms with Crippen LogP contribution in [0.1, 0.15) is 52.7 Å². The van der Waals surface area contributed by atoms with Crippen LogP contribution < -0.4 is 10.1 Å². The zero-order valence-corrected chi connectivity index (χ0v) is 18.8. The normalized spacial score (nSPS) is 13.8. The second-order valence-electron chi connectivity index (χ2n) is 7.95. The lowest BCUT2D eigenvalue weighted by Gasteiger charge is -2.17. The second kappa shape index (κ2) is 9.99. The monoisotopic (exact) mass is 453 g/mol. The molecule has 1 unspecified atom stereocenters. The van der Waals surface area contributed by atoms with Crippen molar-refractivity contribution in [2.45, 2.75) is 44.4 Å². The summed E-state index contributed by atoms with van der Waals surface area (Å²) in [6.45, 7) is 0.981. The lowest BCUT2D eigenvalue weighted by atomic mass is 9.96. The molecule has 1 aromatic carbocycles. The number of pyridine rings is 1. The number of fused-ring (bicyclic) bond motifs is 1. The van der Waals surface area contributed by atoms with Gasteiger partial charge in [-0.2, -0.15) is 0 Å². The number of hydrogen-bond acceptors (Lipinski definition) is 7. The highest BCUT2D eigenvalue weighted by atomic mass is 32.1. The van der Waals surface area contributed by atoms with Gasteiger partial charge in [0.15, 0.2) is 11.5 Å². The molecule has 168 valence electrons. The summed E-state index contributed by atoms with van der Waals surface area (Å²) in [5.41, 5.74) is 4.02. The molecule has 8 heteroatoms. The molecule has 3 N–H and O–H groups in total. The average molecular weight is 454 g/mol. The predicted octanol–water partition coefficient (Wildman–Crippen LogP) is 4.39. The van der Waals surface area contributed by atoms with E-state index in [-0.39, 0.29) is 12.2 Å². The van der Waals surface area contributed by atoms with Crippen LogP contribution in [-0.4, -0.2) is 39.8 Å². The number of phenolic OH excluding ortho intramolecular Hbond substituents is 1. The fourth-order valence-corrected chi connectivity index (χ4v) is 4.98. The Morgan fingerprint density at radius 1 is 1.22 bits per heavy atom. The topological polar surface area (TPSA) is 105 Å². The van der Waals surface area contributed by atoms with Crippen molar-refractivity contribution in [1.29, 1.82) is 0 Å². The van der Waals surface area contributed by atoms with Crippen molar-refractivity contribution in [3.05, 3.63) is 63.2 Å². The molecule has 0 bridgehead atoms. The Morgan fingerprint density at radius 2 is 2.06 bits per heavy atom. The maximum absolute atomic E-state index is 11.5. The van der Waals surface area contributed by atoms with Crippen molar-refractivity contribution < 1.29 is 19.7 Å². The van der Waals surface area contributed by atoms with E-state index >= 15 is 0 Å². The maximum Gasteiger partial charge on any atom is 0.304 e. The van der Waals surface area contributed by atoms with Crippen molar-refractivity contribution in [3.8, 4) is 11.5 Å². The van der Waals surface area contributed by atoms with Crippen LogP contribution in [0, 0.1) is 0 Å². The quantitative estimate of drug-likeness (QED) is 0.441. The van der Waals surface area contributed by atoms with E-state index in [4.69, 9.17) is 14.7 Å². The number of aryl methyl sites for hydroxylation is 3. The van der Waals surface area contributed by atoms with Crippen LogP contribution in [0.4, 0.5) is 5.82 Å². The van der Waals surface area contributed by atoms with Crippen LogP contribution in [0.15, 0.2) is 35.7 Å². The lowest BCUT2D eigenvalue weighted by molar-refractivity contribution is -0.137. The first-order chi connectivity index (χ1) is 15.5. The van der Waals surface area contributed by atoms with Crippen LogP contribution in [0.25, 0.3) is 0 Å². The molecule has 2 aromatic heterocycles. The number of aromatic hydroxyl groups is 1. The number of benzene rings is 1. The van der Waals surface area contributed by atoms with Gasteiger partial charge in [0.2, 0.25) is 0 Å². The molecule has 0 radical (unpaired) electrons. The molecule has 4 rings (SSSR count). The van der Waals surface area contributed by atoms with Crippen molar-refractivity contribution in [2.24, 2.45) is 0 Å². The van der Waals surface area contributed by atoms with Crippen LogP contribution in [0.5, 0.6) is 11.5 Å². The van der Waals surface area contributed by atoms with Crippen molar-refractivity contribution >= 4 is 23.1 Å². The fourth-order valence-electron chi connectivity index (χ4n) is 4.00. The number of ether oxygens (including phenoxy) is 1. The molecule has 1 atom stereocenters. The molecular weight excluding hydrogens is 426 g/mol. The highest BCUT2D eigenvalue weighted by Crippen LogP contribution is 2.35. The van der Waals surface area contributed by atoms with E-state index < -0.39 is 11.9 Å². The summed E-state index contributed by atoms with van der Waals surface area (Å²) in [6, 6.07) is 9.27.